The Bertz CT molecular complexity index is 406. The monoisotopic (exact) mass is 248 g/mol. The van der Waals surface area contributed by atoms with E-state index in [9.17, 15) is 13.5 Å². The maximum atomic E-state index is 10.9. The third-order valence-electron chi connectivity index (χ3n) is 2.20. The molecular weight excluding hydrogens is 232 g/mol. The number of hydrogen-bond acceptors (Lipinski definition) is 4. The largest absolute Gasteiger partial charge is 0.388 e. The summed E-state index contributed by atoms with van der Waals surface area (Å²) < 4.78 is 21.8. The summed E-state index contributed by atoms with van der Waals surface area (Å²) in [6, 6.07) is 1.96. The van der Waals surface area contributed by atoms with Gasteiger partial charge in [0.2, 0.25) is 0 Å². The predicted octanol–water partition coefficient (Wildman–Crippen LogP) is 1.91. The second-order valence-electron chi connectivity index (χ2n) is 3.76. The van der Waals surface area contributed by atoms with E-state index in [2.05, 4.69) is 0 Å². The van der Waals surface area contributed by atoms with Crippen molar-refractivity contribution in [3.63, 3.8) is 0 Å². The van der Waals surface area contributed by atoms with Gasteiger partial charge in [-0.3, -0.25) is 0 Å². The lowest BCUT2D eigenvalue weighted by Crippen LogP contribution is -2.05. The molecule has 1 unspecified atom stereocenters. The molecule has 86 valence electrons. The van der Waals surface area contributed by atoms with E-state index < -0.39 is 15.9 Å². The lowest BCUT2D eigenvalue weighted by Gasteiger charge is -2.09. The molecule has 0 aliphatic rings. The fourth-order valence-corrected chi connectivity index (χ4v) is 3.03. The zero-order valence-corrected chi connectivity index (χ0v) is 10.6. The third kappa shape index (κ3) is 4.32. The van der Waals surface area contributed by atoms with Gasteiger partial charge < -0.3 is 5.11 Å². The van der Waals surface area contributed by atoms with Crippen LogP contribution in [0, 0.1) is 6.92 Å². The molecule has 1 N–H and O–H groups in total. The first-order valence-electron chi connectivity index (χ1n) is 4.80. The van der Waals surface area contributed by atoms with E-state index in [-0.39, 0.29) is 5.75 Å². The summed E-state index contributed by atoms with van der Waals surface area (Å²) in [4.78, 5) is 0.948. The molecule has 0 saturated carbocycles. The van der Waals surface area contributed by atoms with Crippen LogP contribution >= 0.6 is 11.3 Å². The molecule has 3 nitrogen and oxygen atoms in total. The zero-order chi connectivity index (χ0) is 11.5. The van der Waals surface area contributed by atoms with Crippen molar-refractivity contribution in [2.45, 2.75) is 25.9 Å². The molecule has 1 aromatic rings. The van der Waals surface area contributed by atoms with E-state index in [0.717, 1.165) is 10.4 Å². The van der Waals surface area contributed by atoms with Gasteiger partial charge in [-0.1, -0.05) is 0 Å². The molecular formula is C10H16O3S2. The van der Waals surface area contributed by atoms with E-state index in [0.29, 0.717) is 12.8 Å². The normalized spacial score (nSPS) is 14.1. The van der Waals surface area contributed by atoms with Crippen molar-refractivity contribution in [2.75, 3.05) is 12.0 Å². The van der Waals surface area contributed by atoms with Crippen LogP contribution in [0.1, 0.15) is 29.4 Å². The maximum Gasteiger partial charge on any atom is 0.147 e. The van der Waals surface area contributed by atoms with Crippen molar-refractivity contribution >= 4 is 21.2 Å². The molecule has 0 bridgehead atoms. The molecule has 1 heterocycles. The molecule has 0 amide bonds. The quantitative estimate of drug-likeness (QED) is 0.866. The summed E-state index contributed by atoms with van der Waals surface area (Å²) in [5.41, 5.74) is 1.08. The number of rotatable bonds is 5. The Morgan fingerprint density at radius 2 is 2.20 bits per heavy atom. The van der Waals surface area contributed by atoms with E-state index in [4.69, 9.17) is 0 Å². The second kappa shape index (κ2) is 5.09. The first-order valence-corrected chi connectivity index (χ1v) is 7.74. The van der Waals surface area contributed by atoms with Crippen LogP contribution in [-0.4, -0.2) is 25.5 Å². The molecule has 1 atom stereocenters. The highest BCUT2D eigenvalue weighted by atomic mass is 32.2. The van der Waals surface area contributed by atoms with Gasteiger partial charge >= 0.3 is 0 Å². The van der Waals surface area contributed by atoms with E-state index in [1.807, 2.05) is 18.4 Å². The van der Waals surface area contributed by atoms with Gasteiger partial charge in [-0.25, -0.2) is 8.42 Å². The Balaban J connectivity index is 2.44. The molecule has 0 saturated heterocycles. The first kappa shape index (κ1) is 12.7. The summed E-state index contributed by atoms with van der Waals surface area (Å²) in [6.45, 7) is 1.95. The Hall–Kier alpha value is -0.390. The Labute approximate surface area is 94.7 Å². The highest BCUT2D eigenvalue weighted by molar-refractivity contribution is 7.90. The molecule has 0 aromatic carbocycles. The van der Waals surface area contributed by atoms with Crippen molar-refractivity contribution in [1.82, 2.24) is 0 Å². The average molecular weight is 248 g/mol. The summed E-state index contributed by atoms with van der Waals surface area (Å²) >= 11 is 1.52. The van der Waals surface area contributed by atoms with Gasteiger partial charge in [-0.15, -0.1) is 11.3 Å². The second-order valence-corrected chi connectivity index (χ2v) is 6.96. The van der Waals surface area contributed by atoms with Gasteiger partial charge in [0.1, 0.15) is 9.84 Å². The lowest BCUT2D eigenvalue weighted by atomic mass is 10.1. The minimum Gasteiger partial charge on any atom is -0.388 e. The van der Waals surface area contributed by atoms with E-state index in [1.165, 1.54) is 17.6 Å². The van der Waals surface area contributed by atoms with Crippen LogP contribution in [0.3, 0.4) is 0 Å². The summed E-state index contributed by atoms with van der Waals surface area (Å²) in [6.07, 6.45) is 1.72. The molecule has 0 aliphatic heterocycles. The lowest BCUT2D eigenvalue weighted by molar-refractivity contribution is 0.170. The molecule has 0 aliphatic carbocycles. The van der Waals surface area contributed by atoms with Crippen LogP contribution in [0.2, 0.25) is 0 Å². The van der Waals surface area contributed by atoms with Crippen molar-refractivity contribution in [3.8, 4) is 0 Å². The number of sulfone groups is 1. The summed E-state index contributed by atoms with van der Waals surface area (Å²) in [5.74, 6) is 0.147. The molecule has 15 heavy (non-hydrogen) atoms. The van der Waals surface area contributed by atoms with Crippen LogP contribution in [0.4, 0.5) is 0 Å². The Morgan fingerprint density at radius 1 is 1.53 bits per heavy atom. The van der Waals surface area contributed by atoms with Gasteiger partial charge in [0, 0.05) is 16.9 Å². The highest BCUT2D eigenvalue weighted by Crippen LogP contribution is 2.26. The molecule has 1 aromatic heterocycles. The number of aliphatic hydroxyl groups is 1. The average Bonchev–Trinajstić information content (AvgIpc) is 2.48. The van der Waals surface area contributed by atoms with Crippen molar-refractivity contribution < 1.29 is 13.5 Å². The maximum absolute atomic E-state index is 10.9. The van der Waals surface area contributed by atoms with Crippen LogP contribution in [0.15, 0.2) is 11.4 Å². The summed E-state index contributed by atoms with van der Waals surface area (Å²) in [5, 5.41) is 11.7. The van der Waals surface area contributed by atoms with Crippen molar-refractivity contribution in [1.29, 1.82) is 0 Å². The number of aliphatic hydroxyl groups excluding tert-OH is 1. The molecule has 0 spiro atoms. The minimum atomic E-state index is -2.91. The van der Waals surface area contributed by atoms with Crippen molar-refractivity contribution in [3.05, 3.63) is 21.9 Å². The van der Waals surface area contributed by atoms with Gasteiger partial charge in [0.05, 0.1) is 6.10 Å². The molecule has 0 radical (unpaired) electrons. The SMILES string of the molecule is Cc1ccsc1C(O)CCCS(C)(=O)=O. The van der Waals surface area contributed by atoms with Crippen LogP contribution in [0.25, 0.3) is 0 Å². The van der Waals surface area contributed by atoms with Gasteiger partial charge in [0.15, 0.2) is 0 Å². The van der Waals surface area contributed by atoms with Crippen molar-refractivity contribution in [2.24, 2.45) is 0 Å². The summed E-state index contributed by atoms with van der Waals surface area (Å²) in [7, 11) is -2.91. The third-order valence-corrected chi connectivity index (χ3v) is 4.35. The van der Waals surface area contributed by atoms with E-state index in [1.54, 1.807) is 0 Å². The number of hydrogen-bond donors (Lipinski definition) is 1. The smallest absolute Gasteiger partial charge is 0.147 e. The van der Waals surface area contributed by atoms with Crippen LogP contribution in [0.5, 0.6) is 0 Å². The molecule has 1 rings (SSSR count). The highest BCUT2D eigenvalue weighted by Gasteiger charge is 2.12. The fraction of sp³-hybridized carbons (Fsp3) is 0.600. The minimum absolute atomic E-state index is 0.147. The van der Waals surface area contributed by atoms with Crippen LogP contribution in [-0.2, 0) is 9.84 Å². The van der Waals surface area contributed by atoms with Gasteiger partial charge in [-0.2, -0.15) is 0 Å². The number of aryl methyl sites for hydroxylation is 1. The molecule has 5 heteroatoms. The standard InChI is InChI=1S/C10H16O3S2/c1-8-5-6-14-10(8)9(11)4-3-7-15(2,12)13/h5-6,9,11H,3-4,7H2,1-2H3. The van der Waals surface area contributed by atoms with Gasteiger partial charge in [-0.05, 0) is 36.8 Å². The Kier molecular flexibility index (Phi) is 4.31. The molecule has 0 fully saturated rings. The number of thiophene rings is 1. The fourth-order valence-electron chi connectivity index (χ4n) is 1.40. The van der Waals surface area contributed by atoms with Gasteiger partial charge in [0.25, 0.3) is 0 Å². The zero-order valence-electron chi connectivity index (χ0n) is 8.93. The Morgan fingerprint density at radius 3 is 2.67 bits per heavy atom. The first-order chi connectivity index (χ1) is 6.90. The van der Waals surface area contributed by atoms with Crippen LogP contribution < -0.4 is 0 Å². The topological polar surface area (TPSA) is 54.4 Å². The predicted molar refractivity (Wildman–Crippen MR) is 63.0 cm³/mol. The van der Waals surface area contributed by atoms with E-state index >= 15 is 0 Å².